The van der Waals surface area contributed by atoms with Gasteiger partial charge in [0, 0.05) is 36.0 Å². The van der Waals surface area contributed by atoms with Crippen LogP contribution in [-0.2, 0) is 13.1 Å². The first-order valence-corrected chi connectivity index (χ1v) is 9.75. The van der Waals surface area contributed by atoms with Gasteiger partial charge < -0.3 is 10.2 Å². The third-order valence-corrected chi connectivity index (χ3v) is 5.33. The lowest BCUT2D eigenvalue weighted by Gasteiger charge is -2.12. The van der Waals surface area contributed by atoms with Crippen LogP contribution in [0.15, 0.2) is 54.6 Å². The molecule has 1 aliphatic heterocycles. The Morgan fingerprint density at radius 1 is 1.04 bits per heavy atom. The number of hydrogen-bond donors (Lipinski definition) is 2. The van der Waals surface area contributed by atoms with E-state index < -0.39 is 0 Å². The SMILES string of the molecule is Cc1cc(C(=O)NCc2ccc(C[NH+]3CCCC3)cc2)c2ccccc2n1. The first-order valence-electron chi connectivity index (χ1n) is 9.75. The van der Waals surface area contributed by atoms with E-state index in [1.165, 1.54) is 31.5 Å². The number of carbonyl (C=O) groups is 1. The highest BCUT2D eigenvalue weighted by Gasteiger charge is 2.15. The summed E-state index contributed by atoms with van der Waals surface area (Å²) in [6.45, 7) is 6.14. The van der Waals surface area contributed by atoms with Gasteiger partial charge in [-0.25, -0.2) is 0 Å². The molecule has 27 heavy (non-hydrogen) atoms. The number of pyridine rings is 1. The van der Waals surface area contributed by atoms with Gasteiger partial charge in [-0.15, -0.1) is 0 Å². The Morgan fingerprint density at radius 2 is 1.74 bits per heavy atom. The average molecular weight is 360 g/mol. The summed E-state index contributed by atoms with van der Waals surface area (Å²) in [5.41, 5.74) is 4.90. The Morgan fingerprint density at radius 3 is 2.52 bits per heavy atom. The molecule has 0 spiro atoms. The number of fused-ring (bicyclic) bond motifs is 1. The van der Waals surface area contributed by atoms with Crippen LogP contribution in [0.5, 0.6) is 0 Å². The predicted octanol–water partition coefficient (Wildman–Crippen LogP) is 2.65. The van der Waals surface area contributed by atoms with Crippen molar-refractivity contribution in [3.05, 3.63) is 77.0 Å². The Hall–Kier alpha value is -2.72. The molecule has 138 valence electrons. The summed E-state index contributed by atoms with van der Waals surface area (Å²) in [5.74, 6) is -0.0534. The molecule has 4 heteroatoms. The average Bonchev–Trinajstić information content (AvgIpc) is 3.19. The Labute approximate surface area is 160 Å². The number of nitrogens with one attached hydrogen (secondary N) is 2. The summed E-state index contributed by atoms with van der Waals surface area (Å²) in [7, 11) is 0. The second-order valence-corrected chi connectivity index (χ2v) is 7.46. The van der Waals surface area contributed by atoms with Gasteiger partial charge in [-0.1, -0.05) is 42.5 Å². The van der Waals surface area contributed by atoms with Gasteiger partial charge in [-0.3, -0.25) is 9.78 Å². The zero-order valence-corrected chi connectivity index (χ0v) is 15.8. The monoisotopic (exact) mass is 360 g/mol. The van der Waals surface area contributed by atoms with E-state index in [2.05, 4.69) is 34.6 Å². The molecule has 0 bridgehead atoms. The minimum atomic E-state index is -0.0534. The minimum absolute atomic E-state index is 0.0534. The van der Waals surface area contributed by atoms with Gasteiger partial charge in [0.25, 0.3) is 5.91 Å². The van der Waals surface area contributed by atoms with Crippen LogP contribution in [0, 0.1) is 6.92 Å². The predicted molar refractivity (Wildman–Crippen MR) is 108 cm³/mol. The van der Waals surface area contributed by atoms with E-state index in [0.29, 0.717) is 12.1 Å². The van der Waals surface area contributed by atoms with Crippen LogP contribution >= 0.6 is 0 Å². The number of aryl methyl sites for hydroxylation is 1. The van der Waals surface area contributed by atoms with Gasteiger partial charge in [0.05, 0.1) is 24.2 Å². The van der Waals surface area contributed by atoms with Gasteiger partial charge in [0.2, 0.25) is 0 Å². The molecular formula is C23H26N3O+. The molecule has 2 N–H and O–H groups in total. The minimum Gasteiger partial charge on any atom is -0.348 e. The normalized spacial score (nSPS) is 14.6. The molecule has 2 heterocycles. The van der Waals surface area contributed by atoms with Crippen molar-refractivity contribution in [1.82, 2.24) is 10.3 Å². The molecule has 4 nitrogen and oxygen atoms in total. The molecule has 1 saturated heterocycles. The third-order valence-electron chi connectivity index (χ3n) is 5.33. The van der Waals surface area contributed by atoms with Gasteiger partial charge in [-0.2, -0.15) is 0 Å². The van der Waals surface area contributed by atoms with E-state index in [4.69, 9.17) is 0 Å². The van der Waals surface area contributed by atoms with Crippen LogP contribution in [0.25, 0.3) is 10.9 Å². The van der Waals surface area contributed by atoms with Crippen LogP contribution < -0.4 is 10.2 Å². The molecule has 1 aromatic heterocycles. The maximum absolute atomic E-state index is 12.7. The lowest BCUT2D eigenvalue weighted by Crippen LogP contribution is -3.08. The topological polar surface area (TPSA) is 46.4 Å². The summed E-state index contributed by atoms with van der Waals surface area (Å²) in [4.78, 5) is 18.9. The third kappa shape index (κ3) is 4.17. The van der Waals surface area contributed by atoms with Crippen LogP contribution in [-0.4, -0.2) is 24.0 Å². The van der Waals surface area contributed by atoms with Crippen molar-refractivity contribution < 1.29 is 9.69 Å². The fraction of sp³-hybridized carbons (Fsp3) is 0.304. The lowest BCUT2D eigenvalue weighted by atomic mass is 10.1. The second kappa shape index (κ2) is 7.89. The highest BCUT2D eigenvalue weighted by atomic mass is 16.1. The molecule has 2 aromatic carbocycles. The zero-order valence-electron chi connectivity index (χ0n) is 15.8. The number of amides is 1. The summed E-state index contributed by atoms with van der Waals surface area (Å²) in [6, 6.07) is 18.3. The van der Waals surface area contributed by atoms with Gasteiger partial charge >= 0.3 is 0 Å². The van der Waals surface area contributed by atoms with Crippen molar-refractivity contribution in [2.24, 2.45) is 0 Å². The molecule has 1 fully saturated rings. The molecule has 1 amide bonds. The Balaban J connectivity index is 1.42. The number of carbonyl (C=O) groups excluding carboxylic acids is 1. The van der Waals surface area contributed by atoms with E-state index in [-0.39, 0.29) is 5.91 Å². The molecule has 0 radical (unpaired) electrons. The highest BCUT2D eigenvalue weighted by molar-refractivity contribution is 6.06. The van der Waals surface area contributed by atoms with E-state index in [9.17, 15) is 4.79 Å². The number of rotatable bonds is 5. The molecule has 0 saturated carbocycles. The van der Waals surface area contributed by atoms with E-state index in [1.807, 2.05) is 37.3 Å². The number of quaternary nitrogens is 1. The quantitative estimate of drug-likeness (QED) is 0.735. The molecule has 1 aliphatic rings. The molecule has 3 aromatic rings. The summed E-state index contributed by atoms with van der Waals surface area (Å²) < 4.78 is 0. The summed E-state index contributed by atoms with van der Waals surface area (Å²) >= 11 is 0. The van der Waals surface area contributed by atoms with Crippen molar-refractivity contribution in [2.45, 2.75) is 32.9 Å². The number of likely N-dealkylation sites (tertiary alicyclic amines) is 1. The van der Waals surface area contributed by atoms with E-state index in [0.717, 1.165) is 28.7 Å². The van der Waals surface area contributed by atoms with Crippen LogP contribution in [0.1, 0.15) is 40.0 Å². The largest absolute Gasteiger partial charge is 0.348 e. The van der Waals surface area contributed by atoms with Crippen molar-refractivity contribution in [3.8, 4) is 0 Å². The molecule has 4 rings (SSSR count). The fourth-order valence-electron chi connectivity index (χ4n) is 3.89. The first-order chi connectivity index (χ1) is 13.2. The molecular weight excluding hydrogens is 334 g/mol. The van der Waals surface area contributed by atoms with Gasteiger partial charge in [0.1, 0.15) is 6.54 Å². The highest BCUT2D eigenvalue weighted by Crippen LogP contribution is 2.18. The van der Waals surface area contributed by atoms with Crippen molar-refractivity contribution in [1.29, 1.82) is 0 Å². The van der Waals surface area contributed by atoms with Gasteiger partial charge in [0.15, 0.2) is 0 Å². The zero-order chi connectivity index (χ0) is 18.6. The van der Waals surface area contributed by atoms with Crippen molar-refractivity contribution >= 4 is 16.8 Å². The number of para-hydroxylation sites is 1. The number of benzene rings is 2. The Bertz CT molecular complexity index is 943. The number of hydrogen-bond acceptors (Lipinski definition) is 2. The standard InChI is InChI=1S/C23H25N3O/c1-17-14-21(20-6-2-3-7-22(20)25-17)23(27)24-15-18-8-10-19(11-9-18)16-26-12-4-5-13-26/h2-3,6-11,14H,4-5,12-13,15-16H2,1H3,(H,24,27)/p+1. The van der Waals surface area contributed by atoms with Crippen molar-refractivity contribution in [2.75, 3.05) is 13.1 Å². The van der Waals surface area contributed by atoms with Crippen LogP contribution in [0.4, 0.5) is 0 Å². The number of nitrogens with zero attached hydrogens (tertiary/aromatic N) is 1. The molecule has 0 aliphatic carbocycles. The lowest BCUT2D eigenvalue weighted by molar-refractivity contribution is -0.901. The van der Waals surface area contributed by atoms with Gasteiger partial charge in [-0.05, 0) is 24.6 Å². The fourth-order valence-corrected chi connectivity index (χ4v) is 3.89. The maximum atomic E-state index is 12.7. The van der Waals surface area contributed by atoms with E-state index >= 15 is 0 Å². The van der Waals surface area contributed by atoms with E-state index in [1.54, 1.807) is 4.90 Å². The maximum Gasteiger partial charge on any atom is 0.252 e. The first kappa shape index (κ1) is 17.7. The molecule has 0 atom stereocenters. The van der Waals surface area contributed by atoms with Crippen LogP contribution in [0.3, 0.4) is 0 Å². The van der Waals surface area contributed by atoms with Crippen LogP contribution in [0.2, 0.25) is 0 Å². The number of aromatic nitrogens is 1. The Kier molecular flexibility index (Phi) is 5.16. The smallest absolute Gasteiger partial charge is 0.252 e. The molecule has 0 unspecified atom stereocenters. The van der Waals surface area contributed by atoms with Crippen molar-refractivity contribution in [3.63, 3.8) is 0 Å². The summed E-state index contributed by atoms with van der Waals surface area (Å²) in [6.07, 6.45) is 2.70. The second-order valence-electron chi connectivity index (χ2n) is 7.46. The summed E-state index contributed by atoms with van der Waals surface area (Å²) in [5, 5.41) is 3.95.